The molecule has 130 valence electrons. The van der Waals surface area contributed by atoms with Gasteiger partial charge in [0.1, 0.15) is 5.52 Å². The van der Waals surface area contributed by atoms with Gasteiger partial charge in [-0.05, 0) is 25.0 Å². The lowest BCUT2D eigenvalue weighted by atomic mass is 9.97. The number of halogens is 2. The topological polar surface area (TPSA) is 79.4 Å². The highest BCUT2D eigenvalue weighted by molar-refractivity contribution is 7.88. The zero-order valence-electron chi connectivity index (χ0n) is 12.8. The molecule has 24 heavy (non-hydrogen) atoms. The van der Waals surface area contributed by atoms with Crippen molar-refractivity contribution in [2.45, 2.75) is 12.8 Å². The molecule has 1 fully saturated rings. The zero-order chi connectivity index (χ0) is 17.5. The fourth-order valence-electron chi connectivity index (χ4n) is 2.65. The average molecular weight is 408 g/mol. The Bertz CT molecular complexity index is 890. The zero-order valence-corrected chi connectivity index (χ0v) is 15.9. The molecule has 6 nitrogen and oxygen atoms in total. The third kappa shape index (κ3) is 3.67. The molecule has 2 heterocycles. The summed E-state index contributed by atoms with van der Waals surface area (Å²) >= 11 is 13.4. The SMILES string of the molecule is CS(=O)(=O)N1CCC(C(=O)Nc2nc3c(Cl)c(Cl)ccc3s2)CC1. The summed E-state index contributed by atoms with van der Waals surface area (Å²) in [5.74, 6) is -0.376. The lowest BCUT2D eigenvalue weighted by molar-refractivity contribution is -0.120. The van der Waals surface area contributed by atoms with Crippen LogP contribution in [0.3, 0.4) is 0 Å². The number of piperidine rings is 1. The molecule has 1 amide bonds. The monoisotopic (exact) mass is 407 g/mol. The summed E-state index contributed by atoms with van der Waals surface area (Å²) < 4.78 is 25.3. The van der Waals surface area contributed by atoms with Gasteiger partial charge < -0.3 is 5.32 Å². The fraction of sp³-hybridized carbons (Fsp3) is 0.429. The fourth-order valence-corrected chi connectivity index (χ4v) is 4.81. The average Bonchev–Trinajstić information content (AvgIpc) is 2.94. The van der Waals surface area contributed by atoms with E-state index in [0.29, 0.717) is 46.6 Å². The molecule has 1 saturated heterocycles. The van der Waals surface area contributed by atoms with Crippen LogP contribution >= 0.6 is 34.5 Å². The van der Waals surface area contributed by atoms with Crippen LogP contribution in [-0.4, -0.2) is 43.0 Å². The minimum absolute atomic E-state index is 0.149. The molecule has 1 aliphatic rings. The predicted octanol–water partition coefficient (Wildman–Crippen LogP) is 3.21. The van der Waals surface area contributed by atoms with E-state index >= 15 is 0 Å². The van der Waals surface area contributed by atoms with E-state index in [9.17, 15) is 13.2 Å². The normalized spacial score (nSPS) is 17.3. The maximum Gasteiger partial charge on any atom is 0.229 e. The Morgan fingerprint density at radius 2 is 2.00 bits per heavy atom. The van der Waals surface area contributed by atoms with E-state index in [0.717, 1.165) is 4.70 Å². The first-order valence-corrected chi connectivity index (χ1v) is 10.7. The first-order chi connectivity index (χ1) is 11.3. The van der Waals surface area contributed by atoms with Gasteiger partial charge in [0.25, 0.3) is 0 Å². The number of hydrogen-bond donors (Lipinski definition) is 1. The molecular weight excluding hydrogens is 393 g/mol. The van der Waals surface area contributed by atoms with Gasteiger partial charge in [-0.25, -0.2) is 17.7 Å². The van der Waals surface area contributed by atoms with Gasteiger partial charge in [0.05, 0.1) is 21.0 Å². The van der Waals surface area contributed by atoms with Crippen molar-refractivity contribution in [3.8, 4) is 0 Å². The number of anilines is 1. The maximum absolute atomic E-state index is 12.4. The standard InChI is InChI=1S/C14H15Cl2N3O3S2/c1-24(21,22)19-6-4-8(5-7-19)13(20)18-14-17-12-10(23-14)3-2-9(15)11(12)16/h2-3,8H,4-7H2,1H3,(H,17,18,20). The molecule has 0 bridgehead atoms. The van der Waals surface area contributed by atoms with Gasteiger partial charge in [-0.3, -0.25) is 4.79 Å². The smallest absolute Gasteiger partial charge is 0.229 e. The number of thiazole rings is 1. The summed E-state index contributed by atoms with van der Waals surface area (Å²) in [6.07, 6.45) is 2.18. The number of fused-ring (bicyclic) bond motifs is 1. The van der Waals surface area contributed by atoms with Crippen molar-refractivity contribution in [3.05, 3.63) is 22.2 Å². The van der Waals surface area contributed by atoms with Crippen molar-refractivity contribution in [2.75, 3.05) is 24.7 Å². The van der Waals surface area contributed by atoms with Crippen LogP contribution in [0.4, 0.5) is 5.13 Å². The van der Waals surface area contributed by atoms with Gasteiger partial charge in [-0.1, -0.05) is 34.5 Å². The third-order valence-electron chi connectivity index (χ3n) is 3.98. The van der Waals surface area contributed by atoms with Gasteiger partial charge in [-0.15, -0.1) is 0 Å². The van der Waals surface area contributed by atoms with E-state index in [1.165, 1.54) is 21.9 Å². The van der Waals surface area contributed by atoms with Gasteiger partial charge in [0.2, 0.25) is 15.9 Å². The summed E-state index contributed by atoms with van der Waals surface area (Å²) in [4.78, 5) is 16.7. The highest BCUT2D eigenvalue weighted by Gasteiger charge is 2.29. The number of benzene rings is 1. The van der Waals surface area contributed by atoms with E-state index in [4.69, 9.17) is 23.2 Å². The number of aromatic nitrogens is 1. The third-order valence-corrected chi connectivity index (χ3v) is 7.01. The summed E-state index contributed by atoms with van der Waals surface area (Å²) in [7, 11) is -3.20. The number of amides is 1. The molecule has 3 rings (SSSR count). The Labute approximate surface area is 153 Å². The van der Waals surface area contributed by atoms with E-state index < -0.39 is 10.0 Å². The lowest BCUT2D eigenvalue weighted by Gasteiger charge is -2.29. The molecule has 0 spiro atoms. The van der Waals surface area contributed by atoms with Crippen molar-refractivity contribution < 1.29 is 13.2 Å². The second-order valence-electron chi connectivity index (χ2n) is 5.65. The quantitative estimate of drug-likeness (QED) is 0.846. The molecule has 0 atom stereocenters. The summed E-state index contributed by atoms with van der Waals surface area (Å²) in [6.45, 7) is 0.719. The molecule has 1 aromatic carbocycles. The molecule has 10 heteroatoms. The Morgan fingerprint density at radius 3 is 2.62 bits per heavy atom. The van der Waals surface area contributed by atoms with Crippen LogP contribution in [0.1, 0.15) is 12.8 Å². The molecule has 0 unspecified atom stereocenters. The molecule has 1 N–H and O–H groups in total. The summed E-state index contributed by atoms with van der Waals surface area (Å²) in [6, 6.07) is 3.50. The van der Waals surface area contributed by atoms with Crippen molar-refractivity contribution in [1.82, 2.24) is 9.29 Å². The van der Waals surface area contributed by atoms with Crippen LogP contribution in [-0.2, 0) is 14.8 Å². The molecule has 0 aliphatic carbocycles. The highest BCUT2D eigenvalue weighted by Crippen LogP contribution is 2.35. The first-order valence-electron chi connectivity index (χ1n) is 7.26. The van der Waals surface area contributed by atoms with Gasteiger partial charge in [-0.2, -0.15) is 0 Å². The molecule has 1 aromatic heterocycles. The number of nitrogens with zero attached hydrogens (tertiary/aromatic N) is 2. The van der Waals surface area contributed by atoms with E-state index in [-0.39, 0.29) is 11.8 Å². The lowest BCUT2D eigenvalue weighted by Crippen LogP contribution is -2.40. The Kier molecular flexibility index (Phi) is 5.04. The van der Waals surface area contributed by atoms with Crippen LogP contribution in [0.5, 0.6) is 0 Å². The summed E-state index contributed by atoms with van der Waals surface area (Å²) in [5, 5.41) is 4.05. The number of carbonyl (C=O) groups excluding carboxylic acids is 1. The number of rotatable bonds is 3. The molecule has 0 radical (unpaired) electrons. The maximum atomic E-state index is 12.4. The van der Waals surface area contributed by atoms with Crippen molar-refractivity contribution in [1.29, 1.82) is 0 Å². The largest absolute Gasteiger partial charge is 0.302 e. The Morgan fingerprint density at radius 1 is 1.33 bits per heavy atom. The van der Waals surface area contributed by atoms with Crippen LogP contribution < -0.4 is 5.32 Å². The predicted molar refractivity (Wildman–Crippen MR) is 97.4 cm³/mol. The Balaban J connectivity index is 1.69. The number of nitrogens with one attached hydrogen (secondary N) is 1. The number of carbonyl (C=O) groups is 1. The van der Waals surface area contributed by atoms with E-state index in [1.807, 2.05) is 6.07 Å². The Hall–Kier alpha value is -0.930. The van der Waals surface area contributed by atoms with Crippen molar-refractivity contribution in [2.24, 2.45) is 5.92 Å². The molecule has 2 aromatic rings. The molecular formula is C14H15Cl2N3O3S2. The second kappa shape index (κ2) is 6.76. The first kappa shape index (κ1) is 17.9. The van der Waals surface area contributed by atoms with E-state index in [1.54, 1.807) is 6.07 Å². The van der Waals surface area contributed by atoms with Crippen LogP contribution in [0.25, 0.3) is 10.2 Å². The number of sulfonamides is 1. The van der Waals surface area contributed by atoms with Crippen LogP contribution in [0.15, 0.2) is 12.1 Å². The van der Waals surface area contributed by atoms with Crippen molar-refractivity contribution >= 4 is 65.8 Å². The molecule has 1 aliphatic heterocycles. The van der Waals surface area contributed by atoms with Crippen molar-refractivity contribution in [3.63, 3.8) is 0 Å². The van der Waals surface area contributed by atoms with Crippen LogP contribution in [0, 0.1) is 5.92 Å². The summed E-state index contributed by atoms with van der Waals surface area (Å²) in [5.41, 5.74) is 0.566. The van der Waals surface area contributed by atoms with Gasteiger partial charge in [0, 0.05) is 19.0 Å². The van der Waals surface area contributed by atoms with Gasteiger partial charge >= 0.3 is 0 Å². The van der Waals surface area contributed by atoms with Gasteiger partial charge in [0.15, 0.2) is 5.13 Å². The minimum atomic E-state index is -3.20. The number of hydrogen-bond acceptors (Lipinski definition) is 5. The highest BCUT2D eigenvalue weighted by atomic mass is 35.5. The molecule has 0 saturated carbocycles. The van der Waals surface area contributed by atoms with E-state index in [2.05, 4.69) is 10.3 Å². The van der Waals surface area contributed by atoms with Crippen LogP contribution in [0.2, 0.25) is 10.0 Å². The minimum Gasteiger partial charge on any atom is -0.302 e. The second-order valence-corrected chi connectivity index (χ2v) is 9.45.